The third kappa shape index (κ3) is 3.54. The molecule has 6 heteroatoms. The second-order valence-electron chi connectivity index (χ2n) is 4.33. The molecule has 0 unspecified atom stereocenters. The molecule has 0 saturated heterocycles. The average molecular weight is 296 g/mol. The van der Waals surface area contributed by atoms with Gasteiger partial charge in [0.1, 0.15) is 5.00 Å². The van der Waals surface area contributed by atoms with Crippen LogP contribution in [-0.2, 0) is 16.4 Å². The largest absolute Gasteiger partial charge is 0.269 e. The highest BCUT2D eigenvalue weighted by molar-refractivity contribution is 7.93. The van der Waals surface area contributed by atoms with E-state index in [2.05, 4.69) is 16.0 Å². The number of nitrogens with one attached hydrogen (secondary N) is 1. The van der Waals surface area contributed by atoms with Gasteiger partial charge in [0.15, 0.2) is 0 Å². The van der Waals surface area contributed by atoms with Gasteiger partial charge in [-0.15, -0.1) is 0 Å². The molecule has 0 aliphatic carbocycles. The maximum Gasteiger partial charge on any atom is 0.262 e. The summed E-state index contributed by atoms with van der Waals surface area (Å²) in [4.78, 5) is 0.276. The minimum atomic E-state index is -3.51. The van der Waals surface area contributed by atoms with Gasteiger partial charge in [0.05, 0.1) is 10.6 Å². The highest BCUT2D eigenvalue weighted by Gasteiger charge is 2.15. The maximum absolute atomic E-state index is 12.1. The summed E-state index contributed by atoms with van der Waals surface area (Å²) in [7, 11) is -3.51. The van der Waals surface area contributed by atoms with Crippen molar-refractivity contribution in [1.29, 1.82) is 0 Å². The number of aryl methyl sites for hydroxylation is 2. The van der Waals surface area contributed by atoms with E-state index in [1.54, 1.807) is 18.2 Å². The molecule has 0 fully saturated rings. The van der Waals surface area contributed by atoms with Crippen molar-refractivity contribution in [1.82, 2.24) is 4.37 Å². The lowest BCUT2D eigenvalue weighted by molar-refractivity contribution is 0.601. The third-order valence-corrected chi connectivity index (χ3v) is 4.94. The van der Waals surface area contributed by atoms with E-state index >= 15 is 0 Å². The lowest BCUT2D eigenvalue weighted by Crippen LogP contribution is -2.11. The molecule has 19 heavy (non-hydrogen) atoms. The summed E-state index contributed by atoms with van der Waals surface area (Å²) in [6.45, 7) is 3.92. The zero-order valence-electron chi connectivity index (χ0n) is 10.9. The van der Waals surface area contributed by atoms with E-state index < -0.39 is 10.0 Å². The van der Waals surface area contributed by atoms with Crippen molar-refractivity contribution in [2.45, 2.75) is 31.6 Å². The molecule has 1 aromatic heterocycles. The summed E-state index contributed by atoms with van der Waals surface area (Å²) < 4.78 is 30.9. The topological polar surface area (TPSA) is 59.1 Å². The molecule has 102 valence electrons. The van der Waals surface area contributed by atoms with Crippen LogP contribution in [0.5, 0.6) is 0 Å². The van der Waals surface area contributed by atoms with Gasteiger partial charge in [0.25, 0.3) is 10.0 Å². The zero-order chi connectivity index (χ0) is 13.9. The van der Waals surface area contributed by atoms with E-state index in [0.717, 1.165) is 35.6 Å². The van der Waals surface area contributed by atoms with Crippen LogP contribution in [-0.4, -0.2) is 12.8 Å². The van der Waals surface area contributed by atoms with Crippen LogP contribution in [0.2, 0.25) is 0 Å². The van der Waals surface area contributed by atoms with E-state index in [1.807, 2.05) is 19.1 Å². The smallest absolute Gasteiger partial charge is 0.262 e. The first-order valence-electron chi connectivity index (χ1n) is 6.06. The molecular weight excluding hydrogens is 280 g/mol. The highest BCUT2D eigenvalue weighted by atomic mass is 32.2. The molecule has 1 N–H and O–H groups in total. The summed E-state index contributed by atoms with van der Waals surface area (Å²) in [5.74, 6) is 0. The van der Waals surface area contributed by atoms with Crippen molar-refractivity contribution in [3.05, 3.63) is 41.6 Å². The predicted molar refractivity (Wildman–Crippen MR) is 78.1 cm³/mol. The van der Waals surface area contributed by atoms with Crippen molar-refractivity contribution in [3.8, 4) is 0 Å². The van der Waals surface area contributed by atoms with Crippen LogP contribution in [0.3, 0.4) is 0 Å². The van der Waals surface area contributed by atoms with E-state index in [-0.39, 0.29) is 4.90 Å². The average Bonchev–Trinajstić information content (AvgIpc) is 2.75. The fourth-order valence-electron chi connectivity index (χ4n) is 1.73. The molecule has 0 aliphatic heterocycles. The van der Waals surface area contributed by atoms with Crippen molar-refractivity contribution in [2.75, 3.05) is 4.72 Å². The summed E-state index contributed by atoms with van der Waals surface area (Å²) in [5.41, 5.74) is 1.95. The Bertz CT molecular complexity index is 646. The number of rotatable bonds is 5. The molecule has 1 heterocycles. The quantitative estimate of drug-likeness (QED) is 0.921. The van der Waals surface area contributed by atoms with Crippen LogP contribution in [0.4, 0.5) is 5.00 Å². The minimum Gasteiger partial charge on any atom is -0.269 e. The Labute approximate surface area is 117 Å². The van der Waals surface area contributed by atoms with Crippen LogP contribution in [0.25, 0.3) is 0 Å². The van der Waals surface area contributed by atoms with Crippen LogP contribution >= 0.6 is 11.5 Å². The fourth-order valence-corrected chi connectivity index (χ4v) is 3.66. The van der Waals surface area contributed by atoms with Crippen LogP contribution in [0.1, 0.15) is 24.6 Å². The monoisotopic (exact) mass is 296 g/mol. The van der Waals surface area contributed by atoms with Crippen molar-refractivity contribution < 1.29 is 8.42 Å². The van der Waals surface area contributed by atoms with Gasteiger partial charge in [-0.2, -0.15) is 4.37 Å². The van der Waals surface area contributed by atoms with Gasteiger partial charge in [-0.25, -0.2) is 8.42 Å². The van der Waals surface area contributed by atoms with Gasteiger partial charge in [0.2, 0.25) is 0 Å². The van der Waals surface area contributed by atoms with E-state index in [9.17, 15) is 8.42 Å². The Hall–Kier alpha value is -1.40. The second kappa shape index (κ2) is 5.71. The number of nitrogens with zero attached hydrogens (tertiary/aromatic N) is 1. The molecule has 0 saturated carbocycles. The SMILES string of the molecule is CCCc1ccc(S(=O)(=O)Nc2cc(C)ns2)cc1. The molecule has 0 amide bonds. The van der Waals surface area contributed by atoms with Crippen molar-refractivity contribution in [3.63, 3.8) is 0 Å². The Kier molecular flexibility index (Phi) is 4.21. The van der Waals surface area contributed by atoms with E-state index in [0.29, 0.717) is 5.00 Å². The molecule has 0 spiro atoms. The molecule has 2 aromatic rings. The molecule has 2 rings (SSSR count). The van der Waals surface area contributed by atoms with Gasteiger partial charge in [-0.05, 0) is 48.6 Å². The van der Waals surface area contributed by atoms with E-state index in [1.165, 1.54) is 0 Å². The molecular formula is C13H16N2O2S2. The molecule has 4 nitrogen and oxygen atoms in total. The number of hydrogen-bond acceptors (Lipinski definition) is 4. The zero-order valence-corrected chi connectivity index (χ0v) is 12.5. The molecule has 1 aromatic carbocycles. The first-order valence-corrected chi connectivity index (χ1v) is 8.32. The predicted octanol–water partition coefficient (Wildman–Crippen LogP) is 3.20. The minimum absolute atomic E-state index is 0.276. The Morgan fingerprint density at radius 1 is 1.26 bits per heavy atom. The summed E-state index contributed by atoms with van der Waals surface area (Å²) in [6.07, 6.45) is 2.01. The summed E-state index contributed by atoms with van der Waals surface area (Å²) in [5, 5.41) is 0.537. The van der Waals surface area contributed by atoms with Crippen LogP contribution < -0.4 is 4.72 Å². The van der Waals surface area contributed by atoms with Gasteiger partial charge in [-0.1, -0.05) is 25.5 Å². The summed E-state index contributed by atoms with van der Waals surface area (Å²) in [6, 6.07) is 8.71. The number of aromatic nitrogens is 1. The number of sulfonamides is 1. The maximum atomic E-state index is 12.1. The fraction of sp³-hybridized carbons (Fsp3) is 0.308. The number of anilines is 1. The van der Waals surface area contributed by atoms with Gasteiger partial charge < -0.3 is 0 Å². The van der Waals surface area contributed by atoms with E-state index in [4.69, 9.17) is 0 Å². The highest BCUT2D eigenvalue weighted by Crippen LogP contribution is 2.21. The molecule has 0 aliphatic rings. The van der Waals surface area contributed by atoms with Crippen LogP contribution in [0.15, 0.2) is 35.2 Å². The Morgan fingerprint density at radius 2 is 1.95 bits per heavy atom. The number of hydrogen-bond donors (Lipinski definition) is 1. The standard InChI is InChI=1S/C13H16N2O2S2/c1-3-4-11-5-7-12(8-6-11)19(16,17)15-13-9-10(2)14-18-13/h5-9,15H,3-4H2,1-2H3. The molecule has 0 radical (unpaired) electrons. The Balaban J connectivity index is 2.19. The Morgan fingerprint density at radius 3 is 2.47 bits per heavy atom. The second-order valence-corrected chi connectivity index (χ2v) is 6.82. The first kappa shape index (κ1) is 14.0. The summed E-state index contributed by atoms with van der Waals surface area (Å²) >= 11 is 1.14. The molecule has 0 atom stereocenters. The lowest BCUT2D eigenvalue weighted by Gasteiger charge is -2.06. The normalized spacial score (nSPS) is 11.5. The van der Waals surface area contributed by atoms with Gasteiger partial charge >= 0.3 is 0 Å². The first-order chi connectivity index (χ1) is 9.01. The van der Waals surface area contributed by atoms with Crippen molar-refractivity contribution >= 4 is 26.6 Å². The lowest BCUT2D eigenvalue weighted by atomic mass is 10.1. The van der Waals surface area contributed by atoms with Crippen molar-refractivity contribution in [2.24, 2.45) is 0 Å². The third-order valence-electron chi connectivity index (χ3n) is 2.64. The number of benzene rings is 1. The van der Waals surface area contributed by atoms with Crippen LogP contribution in [0, 0.1) is 6.92 Å². The molecule has 0 bridgehead atoms. The van der Waals surface area contributed by atoms with Gasteiger partial charge in [-0.3, -0.25) is 4.72 Å². The van der Waals surface area contributed by atoms with Gasteiger partial charge in [0, 0.05) is 0 Å².